The van der Waals surface area contributed by atoms with Crippen LogP contribution in [0.25, 0.3) is 0 Å². The van der Waals surface area contributed by atoms with Crippen LogP contribution in [-0.2, 0) is 11.3 Å². The predicted molar refractivity (Wildman–Crippen MR) is 111 cm³/mol. The first-order valence-electron chi connectivity index (χ1n) is 10.8. The maximum Gasteiger partial charge on any atom is 0.251 e. The lowest BCUT2D eigenvalue weighted by Crippen LogP contribution is -2.42. The largest absolute Gasteiger partial charge is 0.490 e. The number of nitrogens with zero attached hydrogens (tertiary/aromatic N) is 2. The maximum absolute atomic E-state index is 12.4. The zero-order chi connectivity index (χ0) is 21.1. The summed E-state index contributed by atoms with van der Waals surface area (Å²) in [5, 5.41) is 6.84. The van der Waals surface area contributed by atoms with Gasteiger partial charge >= 0.3 is 0 Å². The lowest BCUT2D eigenvalue weighted by molar-refractivity contribution is -0.134. The molecule has 4 rings (SSSR count). The molecular weight excluding hydrogens is 382 g/mol. The zero-order valence-corrected chi connectivity index (χ0v) is 17.6. The Labute approximate surface area is 176 Å². The molecule has 0 radical (unpaired) electrons. The summed E-state index contributed by atoms with van der Waals surface area (Å²) in [6.07, 6.45) is 3.89. The van der Waals surface area contributed by atoms with Crippen molar-refractivity contribution in [1.82, 2.24) is 15.4 Å². The topological polar surface area (TPSA) is 84.7 Å². The van der Waals surface area contributed by atoms with E-state index in [1.165, 1.54) is 0 Å². The SMILES string of the molecule is CC(C)c1cc(CNC(=O)c2ccc(OC3CCN(C(=O)C4CC4)CC3)cc2)on1. The van der Waals surface area contributed by atoms with E-state index in [0.29, 0.717) is 23.8 Å². The minimum absolute atomic E-state index is 0.106. The fraction of sp³-hybridized carbons (Fsp3) is 0.522. The van der Waals surface area contributed by atoms with Crippen molar-refractivity contribution in [2.45, 2.75) is 58.1 Å². The van der Waals surface area contributed by atoms with Crippen molar-refractivity contribution in [3.8, 4) is 5.75 Å². The second kappa shape index (κ2) is 8.90. The highest BCUT2D eigenvalue weighted by molar-refractivity contribution is 5.94. The maximum atomic E-state index is 12.4. The van der Waals surface area contributed by atoms with Crippen molar-refractivity contribution in [2.75, 3.05) is 13.1 Å². The molecule has 1 aromatic heterocycles. The monoisotopic (exact) mass is 411 g/mol. The Morgan fingerprint density at radius 2 is 1.87 bits per heavy atom. The van der Waals surface area contributed by atoms with Gasteiger partial charge in [-0.05, 0) is 43.0 Å². The van der Waals surface area contributed by atoms with E-state index in [1.54, 1.807) is 12.1 Å². The number of ether oxygens (including phenoxy) is 1. The Balaban J connectivity index is 1.23. The third kappa shape index (κ3) is 5.01. The molecule has 2 amide bonds. The smallest absolute Gasteiger partial charge is 0.251 e. The number of amides is 2. The van der Waals surface area contributed by atoms with Crippen LogP contribution in [0.5, 0.6) is 5.75 Å². The molecule has 1 aromatic carbocycles. The van der Waals surface area contributed by atoms with E-state index >= 15 is 0 Å². The molecule has 2 aromatic rings. The molecular formula is C23H29N3O4. The van der Waals surface area contributed by atoms with Gasteiger partial charge in [0.2, 0.25) is 5.91 Å². The first kappa shape index (κ1) is 20.4. The van der Waals surface area contributed by atoms with Gasteiger partial charge in [0.15, 0.2) is 5.76 Å². The minimum atomic E-state index is -0.170. The van der Waals surface area contributed by atoms with Crippen LogP contribution in [0.3, 0.4) is 0 Å². The number of rotatable bonds is 7. The fourth-order valence-electron chi connectivity index (χ4n) is 3.61. The van der Waals surface area contributed by atoms with Gasteiger partial charge in [-0.15, -0.1) is 0 Å². The molecule has 0 spiro atoms. The van der Waals surface area contributed by atoms with Gasteiger partial charge < -0.3 is 19.5 Å². The molecule has 7 nitrogen and oxygen atoms in total. The summed E-state index contributed by atoms with van der Waals surface area (Å²) in [5.41, 5.74) is 1.44. The van der Waals surface area contributed by atoms with Crippen molar-refractivity contribution in [1.29, 1.82) is 0 Å². The van der Waals surface area contributed by atoms with Crippen LogP contribution in [0, 0.1) is 5.92 Å². The summed E-state index contributed by atoms with van der Waals surface area (Å²) in [6.45, 7) is 5.91. The Morgan fingerprint density at radius 3 is 2.47 bits per heavy atom. The number of carbonyl (C=O) groups excluding carboxylic acids is 2. The number of carbonyl (C=O) groups is 2. The molecule has 0 unspecified atom stereocenters. The van der Waals surface area contributed by atoms with Crippen molar-refractivity contribution in [3.05, 3.63) is 47.3 Å². The van der Waals surface area contributed by atoms with Crippen molar-refractivity contribution in [2.24, 2.45) is 5.92 Å². The Hall–Kier alpha value is -2.83. The average Bonchev–Trinajstić information content (AvgIpc) is 3.49. The first-order valence-corrected chi connectivity index (χ1v) is 10.8. The molecule has 1 N–H and O–H groups in total. The molecule has 7 heteroatoms. The summed E-state index contributed by atoms with van der Waals surface area (Å²) < 4.78 is 11.3. The van der Waals surface area contributed by atoms with E-state index in [0.717, 1.165) is 50.2 Å². The molecule has 160 valence electrons. The molecule has 1 saturated heterocycles. The summed E-state index contributed by atoms with van der Waals surface area (Å²) in [4.78, 5) is 26.5. The quantitative estimate of drug-likeness (QED) is 0.754. The van der Waals surface area contributed by atoms with Gasteiger partial charge in [0, 0.05) is 43.5 Å². The highest BCUT2D eigenvalue weighted by atomic mass is 16.5. The molecule has 2 heterocycles. The van der Waals surface area contributed by atoms with Crippen LogP contribution in [0.1, 0.15) is 67.3 Å². The number of benzene rings is 1. The van der Waals surface area contributed by atoms with Gasteiger partial charge in [-0.1, -0.05) is 19.0 Å². The summed E-state index contributed by atoms with van der Waals surface area (Å²) in [7, 11) is 0. The van der Waals surface area contributed by atoms with Crippen molar-refractivity contribution in [3.63, 3.8) is 0 Å². The highest BCUT2D eigenvalue weighted by Crippen LogP contribution is 2.32. The van der Waals surface area contributed by atoms with Crippen LogP contribution in [0.4, 0.5) is 0 Å². The lowest BCUT2D eigenvalue weighted by atomic mass is 10.1. The van der Waals surface area contributed by atoms with Crippen LogP contribution < -0.4 is 10.1 Å². The Bertz CT molecular complexity index is 878. The van der Waals surface area contributed by atoms with E-state index in [9.17, 15) is 9.59 Å². The van der Waals surface area contributed by atoms with Crippen LogP contribution in [0.15, 0.2) is 34.9 Å². The van der Waals surface area contributed by atoms with E-state index in [1.807, 2.05) is 36.9 Å². The normalized spacial score (nSPS) is 17.2. The third-order valence-electron chi connectivity index (χ3n) is 5.69. The highest BCUT2D eigenvalue weighted by Gasteiger charge is 2.35. The number of hydrogen-bond acceptors (Lipinski definition) is 5. The van der Waals surface area contributed by atoms with E-state index in [4.69, 9.17) is 9.26 Å². The molecule has 1 saturated carbocycles. The molecule has 1 aliphatic carbocycles. The van der Waals surface area contributed by atoms with Crippen LogP contribution >= 0.6 is 0 Å². The second-order valence-corrected chi connectivity index (χ2v) is 8.50. The fourth-order valence-corrected chi connectivity index (χ4v) is 3.61. The molecule has 30 heavy (non-hydrogen) atoms. The van der Waals surface area contributed by atoms with Gasteiger partial charge in [0.05, 0.1) is 12.2 Å². The number of likely N-dealkylation sites (tertiary alicyclic amines) is 1. The lowest BCUT2D eigenvalue weighted by Gasteiger charge is -2.32. The standard InChI is InChI=1S/C23H29N3O4/c1-15(2)21-13-20(30-25-21)14-24-22(27)16-5-7-18(8-6-16)29-19-9-11-26(12-10-19)23(28)17-3-4-17/h5-8,13,15,17,19H,3-4,9-12,14H2,1-2H3,(H,24,27). The third-order valence-corrected chi connectivity index (χ3v) is 5.69. The van der Waals surface area contributed by atoms with Gasteiger partial charge in [0.25, 0.3) is 5.91 Å². The molecule has 0 atom stereocenters. The molecule has 1 aliphatic heterocycles. The average molecular weight is 412 g/mol. The van der Waals surface area contributed by atoms with E-state index in [2.05, 4.69) is 10.5 Å². The summed E-state index contributed by atoms with van der Waals surface area (Å²) in [5.74, 6) is 2.10. The second-order valence-electron chi connectivity index (χ2n) is 8.50. The molecule has 2 aliphatic rings. The van der Waals surface area contributed by atoms with Gasteiger partial charge in [-0.25, -0.2) is 0 Å². The van der Waals surface area contributed by atoms with E-state index < -0.39 is 0 Å². The predicted octanol–water partition coefficient (Wildman–Crippen LogP) is 3.51. The number of nitrogens with one attached hydrogen (secondary N) is 1. The van der Waals surface area contributed by atoms with Gasteiger partial charge in [-0.3, -0.25) is 9.59 Å². The van der Waals surface area contributed by atoms with Crippen LogP contribution in [0.2, 0.25) is 0 Å². The van der Waals surface area contributed by atoms with Gasteiger partial charge in [0.1, 0.15) is 11.9 Å². The Kier molecular flexibility index (Phi) is 6.06. The van der Waals surface area contributed by atoms with Gasteiger partial charge in [-0.2, -0.15) is 0 Å². The number of aromatic nitrogens is 1. The van der Waals surface area contributed by atoms with Crippen molar-refractivity contribution < 1.29 is 18.8 Å². The summed E-state index contributed by atoms with van der Waals surface area (Å²) >= 11 is 0. The minimum Gasteiger partial charge on any atom is -0.490 e. The first-order chi connectivity index (χ1) is 14.5. The number of hydrogen-bond donors (Lipinski definition) is 1. The zero-order valence-electron chi connectivity index (χ0n) is 17.6. The van der Waals surface area contributed by atoms with Crippen molar-refractivity contribution >= 4 is 11.8 Å². The molecule has 2 fully saturated rings. The molecule has 0 bridgehead atoms. The van der Waals surface area contributed by atoms with E-state index in [-0.39, 0.29) is 23.8 Å². The summed E-state index contributed by atoms with van der Waals surface area (Å²) in [6, 6.07) is 9.03. The van der Waals surface area contributed by atoms with Crippen LogP contribution in [-0.4, -0.2) is 41.1 Å². The Morgan fingerprint density at radius 1 is 1.17 bits per heavy atom. The number of piperidine rings is 1.